The molecule has 8 heteroatoms. The lowest BCUT2D eigenvalue weighted by Gasteiger charge is -2.12. The zero-order valence-corrected chi connectivity index (χ0v) is 14.3. The van der Waals surface area contributed by atoms with Gasteiger partial charge in [-0.2, -0.15) is 5.26 Å². The molecule has 2 aromatic carbocycles. The summed E-state index contributed by atoms with van der Waals surface area (Å²) in [5, 5.41) is 25.2. The van der Waals surface area contributed by atoms with Crippen molar-refractivity contribution in [2.45, 2.75) is 0 Å². The zero-order valence-electron chi connectivity index (χ0n) is 14.3. The van der Waals surface area contributed by atoms with E-state index < -0.39 is 10.8 Å². The van der Waals surface area contributed by atoms with E-state index in [1.165, 1.54) is 30.5 Å². The summed E-state index contributed by atoms with van der Waals surface area (Å²) in [7, 11) is 3.86. The number of nitrogens with zero attached hydrogens (tertiary/aromatic N) is 3. The van der Waals surface area contributed by atoms with Crippen molar-refractivity contribution in [2.75, 3.05) is 29.6 Å². The highest BCUT2D eigenvalue weighted by atomic mass is 16.6. The van der Waals surface area contributed by atoms with Crippen LogP contribution in [0.3, 0.4) is 0 Å². The van der Waals surface area contributed by atoms with E-state index in [1.807, 2.05) is 49.3 Å². The molecule has 132 valence electrons. The number of anilines is 3. The Balaban J connectivity index is 2.04. The van der Waals surface area contributed by atoms with Crippen molar-refractivity contribution in [3.05, 3.63) is 70.4 Å². The highest BCUT2D eigenvalue weighted by molar-refractivity contribution is 6.06. The Hall–Kier alpha value is -3.86. The van der Waals surface area contributed by atoms with Crippen LogP contribution in [0.2, 0.25) is 0 Å². The first-order valence-corrected chi connectivity index (χ1v) is 7.60. The third-order valence-corrected chi connectivity index (χ3v) is 3.47. The molecular weight excluding hydrogens is 334 g/mol. The van der Waals surface area contributed by atoms with Crippen LogP contribution in [0.15, 0.2) is 60.3 Å². The minimum absolute atomic E-state index is 0.0816. The molecule has 0 aliphatic carbocycles. The lowest BCUT2D eigenvalue weighted by atomic mass is 10.2. The van der Waals surface area contributed by atoms with Crippen LogP contribution >= 0.6 is 0 Å². The van der Waals surface area contributed by atoms with Gasteiger partial charge >= 0.3 is 0 Å². The largest absolute Gasteiger partial charge is 0.378 e. The fourth-order valence-electron chi connectivity index (χ4n) is 2.02. The molecule has 2 aromatic rings. The average molecular weight is 351 g/mol. The summed E-state index contributed by atoms with van der Waals surface area (Å²) in [5.41, 5.74) is 1.90. The predicted molar refractivity (Wildman–Crippen MR) is 99.8 cm³/mol. The Morgan fingerprint density at radius 2 is 1.69 bits per heavy atom. The minimum atomic E-state index is -0.612. The van der Waals surface area contributed by atoms with Crippen LogP contribution < -0.4 is 15.5 Å². The molecule has 0 aromatic heterocycles. The van der Waals surface area contributed by atoms with E-state index in [0.717, 1.165) is 11.4 Å². The van der Waals surface area contributed by atoms with E-state index >= 15 is 0 Å². The SMILES string of the molecule is CN(C)c1ccc(N/C=C(/C#N)C(=O)Nc2ccc([N+](=O)[O-])cc2)cc1. The van der Waals surface area contributed by atoms with Crippen molar-refractivity contribution in [3.63, 3.8) is 0 Å². The van der Waals surface area contributed by atoms with Gasteiger partial charge in [0.2, 0.25) is 0 Å². The Bertz CT molecular complexity index is 865. The highest BCUT2D eigenvalue weighted by Crippen LogP contribution is 2.17. The zero-order chi connectivity index (χ0) is 19.1. The summed E-state index contributed by atoms with van der Waals surface area (Å²) in [5.74, 6) is -0.612. The van der Waals surface area contributed by atoms with Crippen molar-refractivity contribution in [1.82, 2.24) is 0 Å². The molecule has 0 saturated heterocycles. The molecule has 0 unspecified atom stereocenters. The Morgan fingerprint density at radius 1 is 1.12 bits per heavy atom. The summed E-state index contributed by atoms with van der Waals surface area (Å²) in [6, 6.07) is 14.6. The highest BCUT2D eigenvalue weighted by Gasteiger charge is 2.11. The van der Waals surface area contributed by atoms with Crippen LogP contribution in [0.25, 0.3) is 0 Å². The van der Waals surface area contributed by atoms with Gasteiger partial charge in [-0.3, -0.25) is 14.9 Å². The smallest absolute Gasteiger partial charge is 0.269 e. The number of carbonyl (C=O) groups is 1. The number of nitro benzene ring substituents is 1. The molecule has 0 saturated carbocycles. The van der Waals surface area contributed by atoms with E-state index in [0.29, 0.717) is 5.69 Å². The fourth-order valence-corrected chi connectivity index (χ4v) is 2.02. The van der Waals surface area contributed by atoms with Gasteiger partial charge in [-0.15, -0.1) is 0 Å². The number of non-ortho nitro benzene ring substituents is 1. The first-order chi connectivity index (χ1) is 12.4. The van der Waals surface area contributed by atoms with Crippen LogP contribution in [0.1, 0.15) is 0 Å². The van der Waals surface area contributed by atoms with Crippen LogP contribution in [-0.2, 0) is 4.79 Å². The number of nitrogens with one attached hydrogen (secondary N) is 2. The maximum atomic E-state index is 12.1. The molecule has 0 atom stereocenters. The topological polar surface area (TPSA) is 111 Å². The van der Waals surface area contributed by atoms with Crippen molar-refractivity contribution in [1.29, 1.82) is 5.26 Å². The van der Waals surface area contributed by atoms with Gasteiger partial charge in [0.15, 0.2) is 0 Å². The van der Waals surface area contributed by atoms with Crippen LogP contribution in [-0.4, -0.2) is 24.9 Å². The number of nitro groups is 1. The van der Waals surface area contributed by atoms with Gasteiger partial charge in [-0.1, -0.05) is 0 Å². The summed E-state index contributed by atoms with van der Waals surface area (Å²) in [6.45, 7) is 0. The second-order valence-corrected chi connectivity index (χ2v) is 5.51. The number of amides is 1. The average Bonchev–Trinajstić information content (AvgIpc) is 2.63. The standard InChI is InChI=1S/C18H17N5O3/c1-22(2)16-7-3-14(4-8-16)20-12-13(11-19)18(24)21-15-5-9-17(10-6-15)23(25)26/h3-10,12,20H,1-2H3,(H,21,24)/b13-12-. The molecule has 0 aliphatic heterocycles. The number of benzene rings is 2. The molecular formula is C18H17N5O3. The summed E-state index contributed by atoms with van der Waals surface area (Å²) in [6.07, 6.45) is 1.31. The van der Waals surface area contributed by atoms with Gasteiger partial charge < -0.3 is 15.5 Å². The third kappa shape index (κ3) is 4.82. The van der Waals surface area contributed by atoms with Gasteiger partial charge in [0.1, 0.15) is 11.6 Å². The monoisotopic (exact) mass is 351 g/mol. The first-order valence-electron chi connectivity index (χ1n) is 7.60. The first kappa shape index (κ1) is 18.5. The van der Waals surface area contributed by atoms with Gasteiger partial charge in [-0.05, 0) is 36.4 Å². The molecule has 26 heavy (non-hydrogen) atoms. The van der Waals surface area contributed by atoms with Crippen molar-refractivity contribution >= 4 is 28.7 Å². The molecule has 8 nitrogen and oxygen atoms in total. The third-order valence-electron chi connectivity index (χ3n) is 3.47. The number of nitriles is 1. The van der Waals surface area contributed by atoms with E-state index in [9.17, 15) is 20.2 Å². The maximum Gasteiger partial charge on any atom is 0.269 e. The second kappa shape index (κ2) is 8.30. The second-order valence-electron chi connectivity index (χ2n) is 5.51. The molecule has 2 N–H and O–H groups in total. The number of hydrogen-bond donors (Lipinski definition) is 2. The molecule has 0 aliphatic rings. The molecule has 0 spiro atoms. The molecule has 0 heterocycles. The van der Waals surface area contributed by atoms with E-state index in [1.54, 1.807) is 0 Å². The van der Waals surface area contributed by atoms with Crippen molar-refractivity contribution in [2.24, 2.45) is 0 Å². The van der Waals surface area contributed by atoms with Crippen LogP contribution in [0.5, 0.6) is 0 Å². The van der Waals surface area contributed by atoms with Crippen molar-refractivity contribution < 1.29 is 9.72 Å². The summed E-state index contributed by atoms with van der Waals surface area (Å²) >= 11 is 0. The van der Waals surface area contributed by atoms with E-state index in [2.05, 4.69) is 10.6 Å². The number of carbonyl (C=O) groups excluding carboxylic acids is 1. The predicted octanol–water partition coefficient (Wildman–Crippen LogP) is 3.12. The number of hydrogen-bond acceptors (Lipinski definition) is 6. The van der Waals surface area contributed by atoms with Gasteiger partial charge in [0.25, 0.3) is 11.6 Å². The normalized spacial score (nSPS) is 10.6. The molecule has 1 amide bonds. The van der Waals surface area contributed by atoms with E-state index in [4.69, 9.17) is 0 Å². The van der Waals surface area contributed by atoms with E-state index in [-0.39, 0.29) is 11.3 Å². The summed E-state index contributed by atoms with van der Waals surface area (Å²) < 4.78 is 0. The molecule has 2 rings (SSSR count). The molecule has 0 fully saturated rings. The molecule has 0 bridgehead atoms. The van der Waals surface area contributed by atoms with Crippen LogP contribution in [0.4, 0.5) is 22.7 Å². The van der Waals surface area contributed by atoms with Crippen LogP contribution in [0, 0.1) is 21.4 Å². The fraction of sp³-hybridized carbons (Fsp3) is 0.111. The van der Waals surface area contributed by atoms with Gasteiger partial charge in [0.05, 0.1) is 4.92 Å². The lowest BCUT2D eigenvalue weighted by Crippen LogP contribution is -2.14. The minimum Gasteiger partial charge on any atom is -0.378 e. The number of rotatable bonds is 6. The van der Waals surface area contributed by atoms with Crippen molar-refractivity contribution in [3.8, 4) is 6.07 Å². The Labute approximate surface area is 150 Å². The molecule has 0 radical (unpaired) electrons. The Kier molecular flexibility index (Phi) is 5.90. The van der Waals surface area contributed by atoms with Gasteiger partial charge in [0, 0.05) is 49.5 Å². The summed E-state index contributed by atoms with van der Waals surface area (Å²) in [4.78, 5) is 24.2. The van der Waals surface area contributed by atoms with Gasteiger partial charge in [-0.25, -0.2) is 0 Å². The lowest BCUT2D eigenvalue weighted by molar-refractivity contribution is -0.384. The maximum absolute atomic E-state index is 12.1. The quantitative estimate of drug-likeness (QED) is 0.358. The Morgan fingerprint density at radius 3 is 2.19 bits per heavy atom.